The molecule has 0 unspecified atom stereocenters. The zero-order valence-electron chi connectivity index (χ0n) is 13.3. The summed E-state index contributed by atoms with van der Waals surface area (Å²) in [4.78, 5) is 34.1. The summed E-state index contributed by atoms with van der Waals surface area (Å²) in [5.74, 6) is -1.44. The highest BCUT2D eigenvalue weighted by Gasteiger charge is 2.25. The number of carbonyl (C=O) groups is 2. The minimum Gasteiger partial charge on any atom is -0.478 e. The van der Waals surface area contributed by atoms with E-state index in [9.17, 15) is 18.0 Å². The van der Waals surface area contributed by atoms with Crippen molar-refractivity contribution in [3.8, 4) is 6.01 Å². The summed E-state index contributed by atoms with van der Waals surface area (Å²) in [5.41, 5.74) is -0.469. The SMILES string of the molecule is COc1nc(C)nc(NC(=O)NS(=O)(=O)c2cc(I)ccc2C(=O)O)n1. The van der Waals surface area contributed by atoms with Crippen LogP contribution in [0.3, 0.4) is 0 Å². The zero-order valence-corrected chi connectivity index (χ0v) is 16.3. The van der Waals surface area contributed by atoms with Gasteiger partial charge in [-0.2, -0.15) is 15.0 Å². The van der Waals surface area contributed by atoms with Gasteiger partial charge in [-0.15, -0.1) is 0 Å². The van der Waals surface area contributed by atoms with Gasteiger partial charge in [0.1, 0.15) is 10.7 Å². The van der Waals surface area contributed by atoms with Gasteiger partial charge < -0.3 is 9.84 Å². The minimum atomic E-state index is -4.45. The van der Waals surface area contributed by atoms with Crippen LogP contribution in [0.4, 0.5) is 10.7 Å². The largest absolute Gasteiger partial charge is 0.478 e. The third-order valence-electron chi connectivity index (χ3n) is 2.83. The number of rotatable bonds is 5. The van der Waals surface area contributed by atoms with Crippen molar-refractivity contribution >= 4 is 50.6 Å². The second-order valence-electron chi connectivity index (χ2n) is 4.70. The summed E-state index contributed by atoms with van der Waals surface area (Å²) in [6, 6.07) is 2.46. The van der Waals surface area contributed by atoms with E-state index in [1.807, 2.05) is 22.6 Å². The van der Waals surface area contributed by atoms with E-state index in [-0.39, 0.29) is 17.8 Å². The number of aromatic carboxylic acids is 1. The average molecular weight is 493 g/mol. The molecule has 1 heterocycles. The summed E-state index contributed by atoms with van der Waals surface area (Å²) in [5, 5.41) is 11.3. The molecule has 0 saturated carbocycles. The van der Waals surface area contributed by atoms with Crippen LogP contribution in [0.15, 0.2) is 23.1 Å². The fourth-order valence-electron chi connectivity index (χ4n) is 1.80. The summed E-state index contributed by atoms with van der Waals surface area (Å²) < 4.78 is 31.8. The van der Waals surface area contributed by atoms with Gasteiger partial charge in [0.15, 0.2) is 0 Å². The van der Waals surface area contributed by atoms with Gasteiger partial charge >= 0.3 is 18.0 Å². The Balaban J connectivity index is 2.27. The number of carboxylic acids is 1. The number of halogens is 1. The molecule has 1 aromatic heterocycles. The summed E-state index contributed by atoms with van der Waals surface area (Å²) in [6.07, 6.45) is 0. The number of amides is 2. The molecule has 0 bridgehead atoms. The third kappa shape index (κ3) is 4.75. The van der Waals surface area contributed by atoms with Gasteiger partial charge in [-0.1, -0.05) is 0 Å². The second kappa shape index (κ2) is 7.77. The van der Waals surface area contributed by atoms with E-state index in [0.29, 0.717) is 3.57 Å². The molecule has 13 heteroatoms. The van der Waals surface area contributed by atoms with Crippen LogP contribution in [0.25, 0.3) is 0 Å². The molecule has 0 aliphatic rings. The molecule has 2 aromatic rings. The number of ether oxygens (including phenoxy) is 1. The fourth-order valence-corrected chi connectivity index (χ4v) is 3.64. The standard InChI is InChI=1S/C13H12IN5O6S/c1-6-15-11(18-13(16-6)25-2)17-12(22)19-26(23,24)9-5-7(14)3-4-8(9)10(20)21/h3-5H,1-2H3,(H,20,21)(H2,15,16,17,18,19,22). The monoisotopic (exact) mass is 493 g/mol. The van der Waals surface area contributed by atoms with Gasteiger partial charge in [0.2, 0.25) is 5.95 Å². The maximum Gasteiger partial charge on any atom is 0.337 e. The Labute approximate surface area is 161 Å². The molecule has 0 radical (unpaired) electrons. The van der Waals surface area contributed by atoms with E-state index in [4.69, 9.17) is 9.84 Å². The first-order valence-electron chi connectivity index (χ1n) is 6.75. The van der Waals surface area contributed by atoms with Crippen LogP contribution in [0.2, 0.25) is 0 Å². The van der Waals surface area contributed by atoms with Crippen LogP contribution in [0, 0.1) is 10.5 Å². The molecule has 26 heavy (non-hydrogen) atoms. The minimum absolute atomic E-state index is 0.0681. The molecular formula is C13H12IN5O6S. The van der Waals surface area contributed by atoms with E-state index in [2.05, 4.69) is 20.3 Å². The lowest BCUT2D eigenvalue weighted by Crippen LogP contribution is -2.35. The predicted molar refractivity (Wildman–Crippen MR) is 96.6 cm³/mol. The molecule has 0 spiro atoms. The van der Waals surface area contributed by atoms with Crippen molar-refractivity contribution in [2.45, 2.75) is 11.8 Å². The molecule has 3 N–H and O–H groups in total. The van der Waals surface area contributed by atoms with Gasteiger partial charge in [0.05, 0.1) is 12.7 Å². The number of carbonyl (C=O) groups excluding carboxylic acids is 1. The van der Waals surface area contributed by atoms with Crippen molar-refractivity contribution in [2.75, 3.05) is 12.4 Å². The van der Waals surface area contributed by atoms with Crippen molar-refractivity contribution < 1.29 is 27.9 Å². The Morgan fingerprint density at radius 2 is 1.92 bits per heavy atom. The Kier molecular flexibility index (Phi) is 5.91. The molecule has 0 fully saturated rings. The molecule has 2 rings (SSSR count). The number of methoxy groups -OCH3 is 1. The number of aryl methyl sites for hydroxylation is 1. The first kappa shape index (κ1) is 19.8. The average Bonchev–Trinajstić information content (AvgIpc) is 2.53. The van der Waals surface area contributed by atoms with Crippen molar-refractivity contribution in [1.82, 2.24) is 19.7 Å². The van der Waals surface area contributed by atoms with Gasteiger partial charge in [-0.05, 0) is 47.7 Å². The van der Waals surface area contributed by atoms with Gasteiger partial charge in [-0.3, -0.25) is 5.32 Å². The smallest absolute Gasteiger partial charge is 0.337 e. The van der Waals surface area contributed by atoms with Crippen molar-refractivity contribution in [1.29, 1.82) is 0 Å². The summed E-state index contributed by atoms with van der Waals surface area (Å²) >= 11 is 1.82. The van der Waals surface area contributed by atoms with Crippen LogP contribution in [0.1, 0.15) is 16.2 Å². The quantitative estimate of drug-likeness (QED) is 0.517. The van der Waals surface area contributed by atoms with Gasteiger partial charge in [0, 0.05) is 3.57 Å². The van der Waals surface area contributed by atoms with E-state index in [0.717, 1.165) is 12.1 Å². The van der Waals surface area contributed by atoms with Crippen molar-refractivity contribution in [2.24, 2.45) is 0 Å². The van der Waals surface area contributed by atoms with Crippen molar-refractivity contribution in [3.63, 3.8) is 0 Å². The Morgan fingerprint density at radius 1 is 1.23 bits per heavy atom. The van der Waals surface area contributed by atoms with Gasteiger partial charge in [-0.25, -0.2) is 22.7 Å². The Morgan fingerprint density at radius 3 is 2.54 bits per heavy atom. The number of hydrogen-bond acceptors (Lipinski definition) is 8. The molecule has 138 valence electrons. The number of nitrogens with zero attached hydrogens (tertiary/aromatic N) is 3. The maximum atomic E-state index is 12.4. The number of carboxylic acid groups (broad SMARTS) is 1. The second-order valence-corrected chi connectivity index (χ2v) is 7.59. The van der Waals surface area contributed by atoms with E-state index in [1.54, 1.807) is 4.72 Å². The highest BCUT2D eigenvalue weighted by atomic mass is 127. The van der Waals surface area contributed by atoms with E-state index < -0.39 is 32.5 Å². The lowest BCUT2D eigenvalue weighted by molar-refractivity contribution is 0.0692. The molecular weight excluding hydrogens is 481 g/mol. The fraction of sp³-hybridized carbons (Fsp3) is 0.154. The number of anilines is 1. The first-order valence-corrected chi connectivity index (χ1v) is 9.32. The van der Waals surface area contributed by atoms with E-state index in [1.165, 1.54) is 20.1 Å². The number of sulfonamides is 1. The van der Waals surface area contributed by atoms with Crippen LogP contribution in [0.5, 0.6) is 6.01 Å². The lowest BCUT2D eigenvalue weighted by Gasteiger charge is -2.10. The molecule has 0 aliphatic heterocycles. The molecule has 0 saturated heterocycles. The predicted octanol–water partition coefficient (Wildman–Crippen LogP) is 1.00. The number of urea groups is 1. The number of benzene rings is 1. The number of aromatic nitrogens is 3. The highest BCUT2D eigenvalue weighted by molar-refractivity contribution is 14.1. The Hall–Kier alpha value is -2.55. The van der Waals surface area contributed by atoms with Gasteiger partial charge in [0.25, 0.3) is 10.0 Å². The molecule has 1 aromatic carbocycles. The van der Waals surface area contributed by atoms with E-state index >= 15 is 0 Å². The highest BCUT2D eigenvalue weighted by Crippen LogP contribution is 2.19. The molecule has 2 amide bonds. The van der Waals surface area contributed by atoms with Crippen LogP contribution >= 0.6 is 22.6 Å². The number of hydrogen-bond donors (Lipinski definition) is 3. The summed E-state index contributed by atoms with van der Waals surface area (Å²) in [7, 11) is -3.14. The summed E-state index contributed by atoms with van der Waals surface area (Å²) in [6.45, 7) is 1.52. The molecule has 0 atom stereocenters. The van der Waals surface area contributed by atoms with Crippen LogP contribution in [-0.4, -0.2) is 47.6 Å². The normalized spacial score (nSPS) is 10.9. The zero-order chi connectivity index (χ0) is 19.5. The maximum absolute atomic E-state index is 12.4. The molecule has 0 aliphatic carbocycles. The van der Waals surface area contributed by atoms with Crippen molar-refractivity contribution in [3.05, 3.63) is 33.2 Å². The van der Waals surface area contributed by atoms with Crippen LogP contribution in [-0.2, 0) is 10.0 Å². The topological polar surface area (TPSA) is 160 Å². The van der Waals surface area contributed by atoms with Crippen LogP contribution < -0.4 is 14.8 Å². The third-order valence-corrected chi connectivity index (χ3v) is 4.87. The molecule has 11 nitrogen and oxygen atoms in total. The Bertz CT molecular complexity index is 981. The first-order chi connectivity index (χ1) is 12.1. The lowest BCUT2D eigenvalue weighted by atomic mass is 10.2. The number of nitrogens with one attached hydrogen (secondary N) is 2.